The van der Waals surface area contributed by atoms with Gasteiger partial charge < -0.3 is 15.4 Å². The van der Waals surface area contributed by atoms with Crippen LogP contribution in [0.5, 0.6) is 5.75 Å². The van der Waals surface area contributed by atoms with Gasteiger partial charge in [-0.05, 0) is 56.3 Å². The van der Waals surface area contributed by atoms with Crippen molar-refractivity contribution in [3.63, 3.8) is 0 Å². The summed E-state index contributed by atoms with van der Waals surface area (Å²) in [5, 5.41) is 6.12. The van der Waals surface area contributed by atoms with Gasteiger partial charge in [-0.15, -0.1) is 12.4 Å². The van der Waals surface area contributed by atoms with Gasteiger partial charge in [-0.25, -0.2) is 0 Å². The average molecular weight is 363 g/mol. The van der Waals surface area contributed by atoms with Gasteiger partial charge in [0.2, 0.25) is 5.91 Å². The van der Waals surface area contributed by atoms with E-state index in [1.54, 1.807) is 19.1 Å². The first-order chi connectivity index (χ1) is 11.0. The molecule has 136 valence electrons. The van der Waals surface area contributed by atoms with Crippen molar-refractivity contribution in [2.45, 2.75) is 39.7 Å². The van der Waals surface area contributed by atoms with Crippen molar-refractivity contribution in [3.05, 3.63) is 23.8 Å². The standard InChI is InChI=1S/C17H24F2N2O2.ClH/c1-11-5-6-14(9-15(11)23-17(18)19)21-16(22)8-12(2)13-4-3-7-20-10-13;/h5-6,9,12-13,17,20H,3-4,7-8,10H2,1-2H3,(H,21,22);1H. The van der Waals surface area contributed by atoms with E-state index in [-0.39, 0.29) is 30.0 Å². The molecular weight excluding hydrogens is 338 g/mol. The van der Waals surface area contributed by atoms with Crippen LogP contribution < -0.4 is 15.4 Å². The zero-order valence-corrected chi connectivity index (χ0v) is 14.8. The van der Waals surface area contributed by atoms with Crippen molar-refractivity contribution in [2.75, 3.05) is 18.4 Å². The van der Waals surface area contributed by atoms with Crippen molar-refractivity contribution in [1.82, 2.24) is 5.32 Å². The van der Waals surface area contributed by atoms with Gasteiger partial charge >= 0.3 is 6.61 Å². The van der Waals surface area contributed by atoms with Crippen molar-refractivity contribution in [3.8, 4) is 5.75 Å². The molecule has 2 atom stereocenters. The molecule has 1 aliphatic rings. The van der Waals surface area contributed by atoms with E-state index in [1.165, 1.54) is 6.07 Å². The predicted octanol–water partition coefficient (Wildman–Crippen LogP) is 3.98. The summed E-state index contributed by atoms with van der Waals surface area (Å²) < 4.78 is 29.2. The lowest BCUT2D eigenvalue weighted by Crippen LogP contribution is -2.34. The number of alkyl halides is 2. The van der Waals surface area contributed by atoms with E-state index < -0.39 is 6.61 Å². The molecule has 24 heavy (non-hydrogen) atoms. The first kappa shape index (κ1) is 20.6. The van der Waals surface area contributed by atoms with Crippen LogP contribution in [-0.2, 0) is 4.79 Å². The average Bonchev–Trinajstić information content (AvgIpc) is 2.51. The van der Waals surface area contributed by atoms with E-state index in [1.807, 2.05) is 0 Å². The number of hydrogen-bond acceptors (Lipinski definition) is 3. The number of hydrogen-bond donors (Lipinski definition) is 2. The maximum absolute atomic E-state index is 12.4. The summed E-state index contributed by atoms with van der Waals surface area (Å²) in [5.74, 6) is 0.771. The Balaban J connectivity index is 0.00000288. The van der Waals surface area contributed by atoms with E-state index in [9.17, 15) is 13.6 Å². The molecule has 4 nitrogen and oxygen atoms in total. The Bertz CT molecular complexity index is 537. The van der Waals surface area contributed by atoms with Crippen LogP contribution in [-0.4, -0.2) is 25.6 Å². The van der Waals surface area contributed by atoms with Crippen LogP contribution in [0.15, 0.2) is 18.2 Å². The first-order valence-electron chi connectivity index (χ1n) is 8.01. The zero-order valence-electron chi connectivity index (χ0n) is 14.0. The number of ether oxygens (including phenoxy) is 1. The van der Waals surface area contributed by atoms with Gasteiger partial charge in [-0.2, -0.15) is 8.78 Å². The fourth-order valence-electron chi connectivity index (χ4n) is 2.94. The van der Waals surface area contributed by atoms with Gasteiger partial charge in [0, 0.05) is 18.2 Å². The van der Waals surface area contributed by atoms with Crippen molar-refractivity contribution >= 4 is 24.0 Å². The number of aryl methyl sites for hydroxylation is 1. The van der Waals surface area contributed by atoms with Crippen molar-refractivity contribution in [2.24, 2.45) is 11.8 Å². The summed E-state index contributed by atoms with van der Waals surface area (Å²) in [7, 11) is 0. The summed E-state index contributed by atoms with van der Waals surface area (Å²) in [6.45, 7) is 2.88. The Morgan fingerprint density at radius 2 is 2.21 bits per heavy atom. The lowest BCUT2D eigenvalue weighted by atomic mass is 9.85. The molecule has 0 bridgehead atoms. The van der Waals surface area contributed by atoms with Crippen molar-refractivity contribution < 1.29 is 18.3 Å². The largest absolute Gasteiger partial charge is 0.434 e. The highest BCUT2D eigenvalue weighted by Gasteiger charge is 2.22. The number of rotatable bonds is 6. The number of halogens is 3. The number of carbonyl (C=O) groups is 1. The van der Waals surface area contributed by atoms with Crippen LogP contribution in [0.4, 0.5) is 14.5 Å². The van der Waals surface area contributed by atoms with Gasteiger partial charge in [-0.1, -0.05) is 13.0 Å². The fraction of sp³-hybridized carbons (Fsp3) is 0.588. The second kappa shape index (κ2) is 9.79. The van der Waals surface area contributed by atoms with Crippen LogP contribution in [0.2, 0.25) is 0 Å². The summed E-state index contributed by atoms with van der Waals surface area (Å²) in [5.41, 5.74) is 1.08. The smallest absolute Gasteiger partial charge is 0.387 e. The molecule has 1 aromatic carbocycles. The lowest BCUT2D eigenvalue weighted by molar-refractivity contribution is -0.117. The highest BCUT2D eigenvalue weighted by Crippen LogP contribution is 2.26. The molecule has 0 aliphatic carbocycles. The quantitative estimate of drug-likeness (QED) is 0.804. The minimum atomic E-state index is -2.88. The molecule has 1 fully saturated rings. The summed E-state index contributed by atoms with van der Waals surface area (Å²) in [4.78, 5) is 12.2. The monoisotopic (exact) mass is 362 g/mol. The third-order valence-electron chi connectivity index (χ3n) is 4.34. The molecule has 7 heteroatoms. The SMILES string of the molecule is Cc1ccc(NC(=O)CC(C)C2CCCNC2)cc1OC(F)F.Cl. The van der Waals surface area contributed by atoms with Gasteiger partial charge in [-0.3, -0.25) is 4.79 Å². The Morgan fingerprint density at radius 3 is 2.83 bits per heavy atom. The van der Waals surface area contributed by atoms with E-state index in [4.69, 9.17) is 0 Å². The number of nitrogens with one attached hydrogen (secondary N) is 2. The highest BCUT2D eigenvalue weighted by molar-refractivity contribution is 5.91. The summed E-state index contributed by atoms with van der Waals surface area (Å²) in [6, 6.07) is 4.78. The number of benzene rings is 1. The second-order valence-corrected chi connectivity index (χ2v) is 6.19. The number of piperidine rings is 1. The molecule has 1 aromatic rings. The minimum absolute atomic E-state index is 0. The molecule has 1 aliphatic heterocycles. The van der Waals surface area contributed by atoms with Gasteiger partial charge in [0.15, 0.2) is 0 Å². The molecular formula is C17H25ClF2N2O2. The van der Waals surface area contributed by atoms with Gasteiger partial charge in [0.1, 0.15) is 5.75 Å². The Morgan fingerprint density at radius 1 is 1.46 bits per heavy atom. The number of anilines is 1. The Labute approximate surface area is 147 Å². The number of amides is 1. The Hall–Kier alpha value is -1.40. The van der Waals surface area contributed by atoms with E-state index in [0.717, 1.165) is 25.9 Å². The molecule has 0 aromatic heterocycles. The van der Waals surface area contributed by atoms with Crippen molar-refractivity contribution in [1.29, 1.82) is 0 Å². The Kier molecular flexibility index (Phi) is 8.42. The van der Waals surface area contributed by atoms with Crippen LogP contribution in [0, 0.1) is 18.8 Å². The zero-order chi connectivity index (χ0) is 16.8. The molecule has 0 radical (unpaired) electrons. The molecule has 2 unspecified atom stereocenters. The molecule has 2 N–H and O–H groups in total. The molecule has 1 saturated heterocycles. The first-order valence-corrected chi connectivity index (χ1v) is 8.01. The predicted molar refractivity (Wildman–Crippen MR) is 93.1 cm³/mol. The van der Waals surface area contributed by atoms with Crippen LogP contribution in [0.1, 0.15) is 31.7 Å². The molecule has 0 spiro atoms. The topological polar surface area (TPSA) is 50.4 Å². The molecule has 1 heterocycles. The number of carbonyl (C=O) groups excluding carboxylic acids is 1. The lowest BCUT2D eigenvalue weighted by Gasteiger charge is -2.28. The summed E-state index contributed by atoms with van der Waals surface area (Å²) >= 11 is 0. The van der Waals surface area contributed by atoms with Gasteiger partial charge in [0.25, 0.3) is 0 Å². The minimum Gasteiger partial charge on any atom is -0.434 e. The van der Waals surface area contributed by atoms with E-state index in [2.05, 4.69) is 22.3 Å². The van der Waals surface area contributed by atoms with Crippen LogP contribution >= 0.6 is 12.4 Å². The van der Waals surface area contributed by atoms with E-state index >= 15 is 0 Å². The molecule has 0 saturated carbocycles. The maximum Gasteiger partial charge on any atom is 0.387 e. The highest BCUT2D eigenvalue weighted by atomic mass is 35.5. The second-order valence-electron chi connectivity index (χ2n) is 6.19. The van der Waals surface area contributed by atoms with Gasteiger partial charge in [0.05, 0.1) is 0 Å². The molecule has 2 rings (SSSR count). The van der Waals surface area contributed by atoms with E-state index in [0.29, 0.717) is 23.6 Å². The van der Waals surface area contributed by atoms with Crippen LogP contribution in [0.25, 0.3) is 0 Å². The normalized spacial score (nSPS) is 18.6. The molecule has 1 amide bonds. The fourth-order valence-corrected chi connectivity index (χ4v) is 2.94. The maximum atomic E-state index is 12.4. The summed E-state index contributed by atoms with van der Waals surface area (Å²) in [6.07, 6.45) is 2.70. The third kappa shape index (κ3) is 6.24. The third-order valence-corrected chi connectivity index (χ3v) is 4.34. The van der Waals surface area contributed by atoms with Crippen LogP contribution in [0.3, 0.4) is 0 Å².